The Labute approximate surface area is 140 Å². The van der Waals surface area contributed by atoms with Crippen molar-refractivity contribution < 1.29 is 8.78 Å². The highest BCUT2D eigenvalue weighted by atomic mass is 19.1. The van der Waals surface area contributed by atoms with Crippen molar-refractivity contribution in [3.05, 3.63) is 54.1 Å². The van der Waals surface area contributed by atoms with Crippen LogP contribution in [0.1, 0.15) is 6.42 Å². The van der Waals surface area contributed by atoms with Gasteiger partial charge in [-0.25, -0.2) is 8.78 Å². The van der Waals surface area contributed by atoms with Crippen molar-refractivity contribution in [1.29, 1.82) is 0 Å². The summed E-state index contributed by atoms with van der Waals surface area (Å²) in [6, 6.07) is 11.4. The Balaban J connectivity index is 1.66. The summed E-state index contributed by atoms with van der Waals surface area (Å²) in [5, 5.41) is 3.40. The second kappa shape index (κ2) is 6.40. The molecule has 1 saturated heterocycles. The molecule has 2 heterocycles. The van der Waals surface area contributed by atoms with Gasteiger partial charge in [-0.3, -0.25) is 0 Å². The number of rotatable bonds is 3. The zero-order valence-electron chi connectivity index (χ0n) is 13.5. The molecule has 0 spiro atoms. The lowest BCUT2D eigenvalue weighted by Crippen LogP contribution is -2.41. The highest BCUT2D eigenvalue weighted by molar-refractivity contribution is 5.79. The fourth-order valence-corrected chi connectivity index (χ4v) is 3.70. The molecule has 0 aliphatic carbocycles. The summed E-state index contributed by atoms with van der Waals surface area (Å²) in [7, 11) is 0. The Morgan fingerprint density at radius 1 is 0.958 bits per heavy atom. The van der Waals surface area contributed by atoms with Gasteiger partial charge in [0, 0.05) is 25.3 Å². The van der Waals surface area contributed by atoms with Crippen LogP contribution in [0, 0.1) is 17.6 Å². The molecule has 2 aromatic carbocycles. The van der Waals surface area contributed by atoms with Crippen LogP contribution in [0.15, 0.2) is 42.5 Å². The molecule has 0 aromatic heterocycles. The maximum atomic E-state index is 13.9. The van der Waals surface area contributed by atoms with Crippen molar-refractivity contribution in [1.82, 2.24) is 5.32 Å². The lowest BCUT2D eigenvalue weighted by Gasteiger charge is -2.40. The third-order valence-electron chi connectivity index (χ3n) is 4.94. The first kappa shape index (κ1) is 15.4. The van der Waals surface area contributed by atoms with Crippen LogP contribution < -0.4 is 15.1 Å². The minimum absolute atomic E-state index is 0.245. The zero-order chi connectivity index (χ0) is 16.5. The second-order valence-electron chi connectivity index (χ2n) is 6.57. The fraction of sp³-hybridized carbons (Fsp3) is 0.368. The van der Waals surface area contributed by atoms with Crippen molar-refractivity contribution in [2.75, 3.05) is 42.5 Å². The van der Waals surface area contributed by atoms with E-state index in [0.717, 1.165) is 49.8 Å². The van der Waals surface area contributed by atoms with Gasteiger partial charge in [0.2, 0.25) is 0 Å². The topological polar surface area (TPSA) is 18.5 Å². The Bertz CT molecular complexity index is 711. The van der Waals surface area contributed by atoms with Crippen molar-refractivity contribution in [3.63, 3.8) is 0 Å². The van der Waals surface area contributed by atoms with E-state index < -0.39 is 0 Å². The van der Waals surface area contributed by atoms with E-state index in [1.165, 1.54) is 24.6 Å². The molecule has 4 rings (SSSR count). The first-order valence-corrected chi connectivity index (χ1v) is 8.49. The van der Waals surface area contributed by atoms with Crippen LogP contribution >= 0.6 is 0 Å². The smallest absolute Gasteiger partial charge is 0.125 e. The van der Waals surface area contributed by atoms with Gasteiger partial charge >= 0.3 is 0 Å². The fourth-order valence-electron chi connectivity index (χ4n) is 3.70. The van der Waals surface area contributed by atoms with E-state index in [9.17, 15) is 8.78 Å². The van der Waals surface area contributed by atoms with E-state index in [2.05, 4.69) is 15.1 Å². The molecule has 1 N–H and O–H groups in total. The molecule has 24 heavy (non-hydrogen) atoms. The van der Waals surface area contributed by atoms with Crippen LogP contribution in [-0.4, -0.2) is 32.7 Å². The molecular formula is C19H21F2N3. The van der Waals surface area contributed by atoms with Gasteiger partial charge in [-0.2, -0.15) is 0 Å². The average molecular weight is 329 g/mol. The minimum Gasteiger partial charge on any atom is -0.368 e. The van der Waals surface area contributed by atoms with Crippen LogP contribution in [0.5, 0.6) is 0 Å². The standard InChI is InChI=1S/C19H21F2N3/c20-15-1-4-17(5-2-15)24-10-9-23(13-14-7-8-22-12-14)18-6-3-16(21)11-19(18)24/h1-6,11,14,22H,7-10,12-13H2/t14-/m0/s1. The Morgan fingerprint density at radius 3 is 2.50 bits per heavy atom. The molecule has 0 amide bonds. The van der Waals surface area contributed by atoms with E-state index in [1.54, 1.807) is 18.2 Å². The molecule has 2 aromatic rings. The largest absolute Gasteiger partial charge is 0.368 e. The van der Waals surface area contributed by atoms with Gasteiger partial charge in [0.1, 0.15) is 11.6 Å². The summed E-state index contributed by atoms with van der Waals surface area (Å²) >= 11 is 0. The van der Waals surface area contributed by atoms with Crippen LogP contribution in [0.2, 0.25) is 0 Å². The van der Waals surface area contributed by atoms with Gasteiger partial charge in [0.05, 0.1) is 11.4 Å². The van der Waals surface area contributed by atoms with Crippen LogP contribution in [0.3, 0.4) is 0 Å². The van der Waals surface area contributed by atoms with Gasteiger partial charge in [-0.05, 0) is 67.9 Å². The molecule has 5 heteroatoms. The first-order chi connectivity index (χ1) is 11.7. The molecule has 2 aliphatic rings. The number of nitrogens with zero attached hydrogens (tertiary/aromatic N) is 2. The molecule has 1 fully saturated rings. The van der Waals surface area contributed by atoms with E-state index in [0.29, 0.717) is 5.92 Å². The lowest BCUT2D eigenvalue weighted by molar-refractivity contribution is 0.554. The van der Waals surface area contributed by atoms with E-state index in [4.69, 9.17) is 0 Å². The van der Waals surface area contributed by atoms with Gasteiger partial charge in [-0.15, -0.1) is 0 Å². The maximum Gasteiger partial charge on any atom is 0.125 e. The second-order valence-corrected chi connectivity index (χ2v) is 6.57. The van der Waals surface area contributed by atoms with Gasteiger partial charge in [-0.1, -0.05) is 0 Å². The molecule has 2 aliphatic heterocycles. The van der Waals surface area contributed by atoms with Crippen molar-refractivity contribution in [3.8, 4) is 0 Å². The number of hydrogen-bond acceptors (Lipinski definition) is 3. The zero-order valence-corrected chi connectivity index (χ0v) is 13.5. The molecule has 3 nitrogen and oxygen atoms in total. The number of halogens is 2. The normalized spacial score (nSPS) is 20.3. The third-order valence-corrected chi connectivity index (χ3v) is 4.94. The average Bonchev–Trinajstić information content (AvgIpc) is 3.09. The number of nitrogens with one attached hydrogen (secondary N) is 1. The summed E-state index contributed by atoms with van der Waals surface area (Å²) in [6.07, 6.45) is 1.19. The van der Waals surface area contributed by atoms with Crippen LogP contribution in [0.4, 0.5) is 25.8 Å². The van der Waals surface area contributed by atoms with E-state index >= 15 is 0 Å². The highest BCUT2D eigenvalue weighted by Gasteiger charge is 2.27. The molecular weight excluding hydrogens is 308 g/mol. The van der Waals surface area contributed by atoms with E-state index in [1.807, 2.05) is 6.07 Å². The van der Waals surface area contributed by atoms with Gasteiger partial charge < -0.3 is 15.1 Å². The van der Waals surface area contributed by atoms with Gasteiger partial charge in [0.15, 0.2) is 0 Å². The third kappa shape index (κ3) is 2.96. The predicted octanol–water partition coefficient (Wildman–Crippen LogP) is 3.53. The highest BCUT2D eigenvalue weighted by Crippen LogP contribution is 2.38. The number of benzene rings is 2. The monoisotopic (exact) mass is 329 g/mol. The summed E-state index contributed by atoms with van der Waals surface area (Å²) in [5.41, 5.74) is 2.81. The predicted molar refractivity (Wildman–Crippen MR) is 93.0 cm³/mol. The number of fused-ring (bicyclic) bond motifs is 1. The summed E-state index contributed by atoms with van der Waals surface area (Å²) in [4.78, 5) is 4.42. The molecule has 126 valence electrons. The molecule has 0 unspecified atom stereocenters. The number of anilines is 3. The summed E-state index contributed by atoms with van der Waals surface area (Å²) in [5.74, 6) is 0.135. The molecule has 0 saturated carbocycles. The van der Waals surface area contributed by atoms with Crippen LogP contribution in [0.25, 0.3) is 0 Å². The van der Waals surface area contributed by atoms with Crippen molar-refractivity contribution >= 4 is 17.1 Å². The first-order valence-electron chi connectivity index (χ1n) is 8.49. The van der Waals surface area contributed by atoms with Crippen molar-refractivity contribution in [2.45, 2.75) is 6.42 Å². The number of hydrogen-bond donors (Lipinski definition) is 1. The van der Waals surface area contributed by atoms with Gasteiger partial charge in [0.25, 0.3) is 0 Å². The SMILES string of the molecule is Fc1ccc(N2CCN(C[C@H]3CCNC3)c3ccc(F)cc32)cc1. The quantitative estimate of drug-likeness (QED) is 0.929. The van der Waals surface area contributed by atoms with Crippen molar-refractivity contribution in [2.24, 2.45) is 5.92 Å². The Morgan fingerprint density at radius 2 is 1.75 bits per heavy atom. The molecule has 1 atom stereocenters. The Hall–Kier alpha value is -2.14. The molecule has 0 bridgehead atoms. The lowest BCUT2D eigenvalue weighted by atomic mass is 10.1. The molecule has 0 radical (unpaired) electrons. The van der Waals surface area contributed by atoms with Crippen LogP contribution in [-0.2, 0) is 0 Å². The minimum atomic E-state index is -0.259. The Kier molecular flexibility index (Phi) is 4.10. The summed E-state index contributed by atoms with van der Waals surface area (Å²) in [6.45, 7) is 4.77. The van der Waals surface area contributed by atoms with E-state index in [-0.39, 0.29) is 11.6 Å². The summed E-state index contributed by atoms with van der Waals surface area (Å²) < 4.78 is 27.1. The maximum absolute atomic E-state index is 13.9.